The molecule has 0 aliphatic carbocycles. The summed E-state index contributed by atoms with van der Waals surface area (Å²) in [6.07, 6.45) is 0. The lowest BCUT2D eigenvalue weighted by Gasteiger charge is -2.30. The Labute approximate surface area is 98.7 Å². The normalized spacial score (nSPS) is 15.9. The van der Waals surface area contributed by atoms with E-state index < -0.39 is 5.60 Å². The smallest absolute Gasteiger partial charge is 0.0741 e. The summed E-state index contributed by atoms with van der Waals surface area (Å²) in [5, 5.41) is 13.3. The van der Waals surface area contributed by atoms with Crippen LogP contribution in [-0.2, 0) is 0 Å². The topological polar surface area (TPSA) is 32.3 Å². The molecule has 0 saturated carbocycles. The van der Waals surface area contributed by atoms with Gasteiger partial charge in [-0.1, -0.05) is 24.3 Å². The van der Waals surface area contributed by atoms with Crippen molar-refractivity contribution in [3.63, 3.8) is 0 Å². The predicted octanol–water partition coefficient (Wildman–Crippen LogP) is 2.81. The van der Waals surface area contributed by atoms with Crippen LogP contribution < -0.4 is 5.32 Å². The van der Waals surface area contributed by atoms with Crippen LogP contribution in [0.15, 0.2) is 24.3 Å². The summed E-state index contributed by atoms with van der Waals surface area (Å²) in [7, 11) is 0. The van der Waals surface area contributed by atoms with Crippen molar-refractivity contribution < 1.29 is 5.11 Å². The van der Waals surface area contributed by atoms with Crippen molar-refractivity contribution in [2.75, 3.05) is 0 Å². The van der Waals surface area contributed by atoms with Gasteiger partial charge in [0.05, 0.1) is 5.60 Å². The van der Waals surface area contributed by atoms with E-state index in [4.69, 9.17) is 0 Å². The minimum absolute atomic E-state index is 0.0575. The number of aryl methyl sites for hydroxylation is 1. The van der Waals surface area contributed by atoms with Gasteiger partial charge in [-0.15, -0.1) is 0 Å². The van der Waals surface area contributed by atoms with Crippen LogP contribution in [0.2, 0.25) is 0 Å². The third-order valence-corrected chi connectivity index (χ3v) is 3.21. The lowest BCUT2D eigenvalue weighted by Crippen LogP contribution is -2.45. The molecule has 2 atom stereocenters. The zero-order chi connectivity index (χ0) is 12.3. The first-order chi connectivity index (χ1) is 7.32. The summed E-state index contributed by atoms with van der Waals surface area (Å²) < 4.78 is 0. The number of hydrogen-bond donors (Lipinski definition) is 2. The molecule has 16 heavy (non-hydrogen) atoms. The molecule has 90 valence electrons. The van der Waals surface area contributed by atoms with Gasteiger partial charge in [0.25, 0.3) is 0 Å². The third-order valence-electron chi connectivity index (χ3n) is 3.21. The van der Waals surface area contributed by atoms with E-state index in [1.807, 2.05) is 26.8 Å². The van der Waals surface area contributed by atoms with Gasteiger partial charge in [0.1, 0.15) is 0 Å². The van der Waals surface area contributed by atoms with Crippen molar-refractivity contribution in [1.29, 1.82) is 0 Å². The van der Waals surface area contributed by atoms with Crippen LogP contribution in [0, 0.1) is 6.92 Å². The summed E-state index contributed by atoms with van der Waals surface area (Å²) >= 11 is 0. The van der Waals surface area contributed by atoms with Crippen LogP contribution >= 0.6 is 0 Å². The summed E-state index contributed by atoms with van der Waals surface area (Å²) in [6.45, 7) is 9.91. The van der Waals surface area contributed by atoms with E-state index in [1.165, 1.54) is 11.1 Å². The molecular formula is C14H23NO. The molecule has 0 fully saturated rings. The molecule has 2 N–H and O–H groups in total. The quantitative estimate of drug-likeness (QED) is 0.819. The Morgan fingerprint density at radius 2 is 1.75 bits per heavy atom. The summed E-state index contributed by atoms with van der Waals surface area (Å²) in [5.41, 5.74) is 1.88. The molecule has 2 nitrogen and oxygen atoms in total. The van der Waals surface area contributed by atoms with Gasteiger partial charge in [-0.05, 0) is 45.7 Å². The van der Waals surface area contributed by atoms with E-state index in [0.717, 1.165) is 0 Å². The Bertz CT molecular complexity index is 341. The standard InChI is InChI=1S/C14H23NO/c1-10-8-6-7-9-13(10)11(2)15-12(3)14(4,5)16/h6-9,11-12,15-16H,1-5H3/t11-,12?/m0/s1. The van der Waals surface area contributed by atoms with E-state index in [2.05, 4.69) is 37.4 Å². The van der Waals surface area contributed by atoms with Crippen LogP contribution in [0.4, 0.5) is 0 Å². The zero-order valence-electron chi connectivity index (χ0n) is 10.9. The molecule has 0 radical (unpaired) electrons. The molecule has 2 heteroatoms. The zero-order valence-corrected chi connectivity index (χ0v) is 10.9. The second-order valence-electron chi connectivity index (χ2n) is 5.12. The Kier molecular flexibility index (Phi) is 4.11. The average molecular weight is 221 g/mol. The third kappa shape index (κ3) is 3.32. The maximum Gasteiger partial charge on any atom is 0.0741 e. The fourth-order valence-corrected chi connectivity index (χ4v) is 1.74. The van der Waals surface area contributed by atoms with Crippen LogP contribution in [0.1, 0.15) is 44.9 Å². The van der Waals surface area contributed by atoms with Gasteiger partial charge in [-0.3, -0.25) is 0 Å². The van der Waals surface area contributed by atoms with E-state index >= 15 is 0 Å². The van der Waals surface area contributed by atoms with Crippen LogP contribution in [0.3, 0.4) is 0 Å². The second-order valence-corrected chi connectivity index (χ2v) is 5.12. The molecule has 1 unspecified atom stereocenters. The van der Waals surface area contributed by atoms with Gasteiger partial charge in [0.2, 0.25) is 0 Å². The maximum atomic E-state index is 9.89. The lowest BCUT2D eigenvalue weighted by atomic mass is 9.97. The molecule has 0 spiro atoms. The van der Waals surface area contributed by atoms with Crippen molar-refractivity contribution in [2.45, 2.75) is 52.3 Å². The van der Waals surface area contributed by atoms with E-state index in [9.17, 15) is 5.11 Å². The van der Waals surface area contributed by atoms with Crippen molar-refractivity contribution in [2.24, 2.45) is 0 Å². The molecule has 0 amide bonds. The van der Waals surface area contributed by atoms with Gasteiger partial charge < -0.3 is 10.4 Å². The molecule has 0 bridgehead atoms. The van der Waals surface area contributed by atoms with Crippen LogP contribution in [-0.4, -0.2) is 16.7 Å². The minimum atomic E-state index is -0.697. The molecule has 1 aromatic rings. The van der Waals surface area contributed by atoms with E-state index in [1.54, 1.807) is 0 Å². The Morgan fingerprint density at radius 3 is 2.25 bits per heavy atom. The van der Waals surface area contributed by atoms with E-state index in [-0.39, 0.29) is 12.1 Å². The number of benzene rings is 1. The van der Waals surface area contributed by atoms with Gasteiger partial charge in [0, 0.05) is 12.1 Å². The predicted molar refractivity (Wildman–Crippen MR) is 68.5 cm³/mol. The summed E-state index contributed by atoms with van der Waals surface area (Å²) in [4.78, 5) is 0. The fourth-order valence-electron chi connectivity index (χ4n) is 1.74. The highest BCUT2D eigenvalue weighted by Crippen LogP contribution is 2.19. The first-order valence-electron chi connectivity index (χ1n) is 5.86. The molecule has 0 aliphatic heterocycles. The number of rotatable bonds is 4. The SMILES string of the molecule is Cc1ccccc1[C@H](C)NC(C)C(C)(C)O. The van der Waals surface area contributed by atoms with Crippen molar-refractivity contribution in [3.05, 3.63) is 35.4 Å². The molecule has 0 saturated heterocycles. The highest BCUT2D eigenvalue weighted by atomic mass is 16.3. The number of hydrogen-bond acceptors (Lipinski definition) is 2. The summed E-state index contributed by atoms with van der Waals surface area (Å²) in [6, 6.07) is 8.65. The highest BCUT2D eigenvalue weighted by Gasteiger charge is 2.23. The van der Waals surface area contributed by atoms with Gasteiger partial charge in [0.15, 0.2) is 0 Å². The van der Waals surface area contributed by atoms with Crippen molar-refractivity contribution in [3.8, 4) is 0 Å². The molecule has 1 rings (SSSR count). The van der Waals surface area contributed by atoms with Crippen molar-refractivity contribution in [1.82, 2.24) is 5.32 Å². The maximum absolute atomic E-state index is 9.89. The second kappa shape index (κ2) is 4.98. The van der Waals surface area contributed by atoms with E-state index in [0.29, 0.717) is 0 Å². The molecule has 0 aliphatic rings. The summed E-state index contributed by atoms with van der Waals surface area (Å²) in [5.74, 6) is 0. The van der Waals surface area contributed by atoms with Crippen LogP contribution in [0.5, 0.6) is 0 Å². The molecule has 0 aromatic heterocycles. The fraction of sp³-hybridized carbons (Fsp3) is 0.571. The van der Waals surface area contributed by atoms with Gasteiger partial charge >= 0.3 is 0 Å². The first kappa shape index (κ1) is 13.2. The van der Waals surface area contributed by atoms with Gasteiger partial charge in [-0.25, -0.2) is 0 Å². The van der Waals surface area contributed by atoms with Crippen molar-refractivity contribution >= 4 is 0 Å². The first-order valence-corrected chi connectivity index (χ1v) is 5.86. The lowest BCUT2D eigenvalue weighted by molar-refractivity contribution is 0.0405. The average Bonchev–Trinajstić information content (AvgIpc) is 2.16. The molecule has 0 heterocycles. The largest absolute Gasteiger partial charge is 0.389 e. The Balaban J connectivity index is 2.73. The number of nitrogens with one attached hydrogen (secondary N) is 1. The highest BCUT2D eigenvalue weighted by molar-refractivity contribution is 5.28. The Morgan fingerprint density at radius 1 is 1.19 bits per heavy atom. The monoisotopic (exact) mass is 221 g/mol. The van der Waals surface area contributed by atoms with Crippen LogP contribution in [0.25, 0.3) is 0 Å². The number of aliphatic hydroxyl groups is 1. The molecule has 1 aromatic carbocycles. The molecular weight excluding hydrogens is 198 g/mol. The Hall–Kier alpha value is -0.860. The minimum Gasteiger partial charge on any atom is -0.389 e. The van der Waals surface area contributed by atoms with Gasteiger partial charge in [-0.2, -0.15) is 0 Å².